The number of nitrogens with zero attached hydrogens (tertiary/aromatic N) is 2. The predicted octanol–water partition coefficient (Wildman–Crippen LogP) is 0.497. The molecule has 2 aliphatic carbocycles. The first-order valence-corrected chi connectivity index (χ1v) is 11.2. The molecular weight excluding hydrogens is 408 g/mol. The molecule has 2 aromatic rings. The molecule has 1 aromatic carbocycles. The Bertz CT molecular complexity index is 1340. The van der Waals surface area contributed by atoms with Crippen molar-refractivity contribution in [3.8, 4) is 11.8 Å². The summed E-state index contributed by atoms with van der Waals surface area (Å²) in [6.07, 6.45) is 3.43. The zero-order valence-electron chi connectivity index (χ0n) is 16.7. The van der Waals surface area contributed by atoms with Gasteiger partial charge in [0.05, 0.1) is 15.8 Å². The third kappa shape index (κ3) is 3.91. The van der Waals surface area contributed by atoms with Crippen molar-refractivity contribution in [1.29, 1.82) is 0 Å². The summed E-state index contributed by atoms with van der Waals surface area (Å²) in [4.78, 5) is 37.7. The topological polar surface area (TPSA) is 119 Å². The maximum Gasteiger partial charge on any atom is 0.350 e. The van der Waals surface area contributed by atoms with Crippen LogP contribution in [0, 0.1) is 17.8 Å². The third-order valence-corrected chi connectivity index (χ3v) is 7.03. The fourth-order valence-electron chi connectivity index (χ4n) is 3.27. The molecule has 1 amide bonds. The van der Waals surface area contributed by atoms with Gasteiger partial charge in [-0.25, -0.2) is 23.4 Å². The number of carbonyl (C=O) groups excluding carboxylic acids is 1. The minimum absolute atomic E-state index is 0.0313. The minimum atomic E-state index is -3.84. The molecule has 4 rings (SSSR count). The fraction of sp³-hybridized carbons (Fsp3) is 0.450. The van der Waals surface area contributed by atoms with Crippen molar-refractivity contribution < 1.29 is 13.2 Å². The molecule has 0 saturated heterocycles. The van der Waals surface area contributed by atoms with E-state index in [4.69, 9.17) is 0 Å². The van der Waals surface area contributed by atoms with Crippen LogP contribution in [0.3, 0.4) is 0 Å². The van der Waals surface area contributed by atoms with Crippen molar-refractivity contribution in [2.24, 2.45) is 5.92 Å². The first-order valence-electron chi connectivity index (χ1n) is 9.71. The van der Waals surface area contributed by atoms with Gasteiger partial charge in [-0.15, -0.1) is 0 Å². The Morgan fingerprint density at radius 3 is 2.57 bits per heavy atom. The molecule has 1 aromatic heterocycles. The van der Waals surface area contributed by atoms with Gasteiger partial charge in [0.25, 0.3) is 5.56 Å². The van der Waals surface area contributed by atoms with E-state index in [9.17, 15) is 22.8 Å². The molecule has 9 nitrogen and oxygen atoms in total. The molecule has 0 unspecified atom stereocenters. The first kappa shape index (κ1) is 20.4. The summed E-state index contributed by atoms with van der Waals surface area (Å²) < 4.78 is 30.2. The van der Waals surface area contributed by atoms with Gasteiger partial charge in [-0.1, -0.05) is 5.92 Å². The van der Waals surface area contributed by atoms with Crippen LogP contribution < -0.4 is 21.4 Å². The van der Waals surface area contributed by atoms with Crippen LogP contribution in [0.25, 0.3) is 10.9 Å². The zero-order chi connectivity index (χ0) is 21.7. The lowest BCUT2D eigenvalue weighted by Gasteiger charge is -2.16. The van der Waals surface area contributed by atoms with Gasteiger partial charge in [0.2, 0.25) is 10.0 Å². The Morgan fingerprint density at radius 1 is 1.27 bits per heavy atom. The lowest BCUT2D eigenvalue weighted by Crippen LogP contribution is -2.46. The van der Waals surface area contributed by atoms with Crippen LogP contribution in [0.5, 0.6) is 0 Å². The van der Waals surface area contributed by atoms with E-state index in [1.54, 1.807) is 0 Å². The SMILES string of the molecule is CC#CC(=O)Nn1c(=O)c2cc(S(=O)(=O)NC3(C)CC3)ccc2n(CC2CC2)c1=O. The fourth-order valence-corrected chi connectivity index (χ4v) is 4.76. The number of nitrogens with one attached hydrogen (secondary N) is 2. The molecule has 0 radical (unpaired) electrons. The summed E-state index contributed by atoms with van der Waals surface area (Å²) in [7, 11) is -3.84. The van der Waals surface area contributed by atoms with Crippen LogP contribution in [-0.4, -0.2) is 29.1 Å². The standard InChI is InChI=1S/C20H22N4O5S/c1-3-4-17(25)21-24-18(26)15-11-14(30(28,29)22-20(2)9-10-20)7-8-16(15)23(19(24)27)12-13-5-6-13/h7-8,11,13,22H,5-6,9-10,12H2,1-2H3,(H,21,25). The van der Waals surface area contributed by atoms with E-state index in [-0.39, 0.29) is 10.3 Å². The second kappa shape index (κ2) is 7.11. The molecule has 0 atom stereocenters. The normalized spacial score (nSPS) is 17.3. The van der Waals surface area contributed by atoms with Crippen molar-refractivity contribution in [3.63, 3.8) is 0 Å². The number of benzene rings is 1. The van der Waals surface area contributed by atoms with Gasteiger partial charge < -0.3 is 0 Å². The molecule has 158 valence electrons. The lowest BCUT2D eigenvalue weighted by molar-refractivity contribution is -0.112. The molecule has 0 aliphatic heterocycles. The quantitative estimate of drug-likeness (QED) is 0.647. The number of amides is 1. The van der Waals surface area contributed by atoms with Crippen molar-refractivity contribution in [2.45, 2.75) is 56.5 Å². The minimum Gasteiger partial charge on any atom is -0.291 e. The van der Waals surface area contributed by atoms with Crippen LogP contribution in [0.1, 0.15) is 39.5 Å². The average molecular weight is 430 g/mol. The summed E-state index contributed by atoms with van der Waals surface area (Å²) >= 11 is 0. The third-order valence-electron chi connectivity index (χ3n) is 5.40. The summed E-state index contributed by atoms with van der Waals surface area (Å²) in [5.41, 5.74) is 0.580. The average Bonchev–Trinajstić information content (AvgIpc) is 3.61. The van der Waals surface area contributed by atoms with Gasteiger partial charge >= 0.3 is 11.6 Å². The maximum atomic E-state index is 13.0. The van der Waals surface area contributed by atoms with E-state index in [2.05, 4.69) is 22.0 Å². The number of rotatable bonds is 6. The van der Waals surface area contributed by atoms with E-state index in [0.29, 0.717) is 22.7 Å². The number of aromatic nitrogens is 2. The number of sulfonamides is 1. The Labute approximate surface area is 173 Å². The second-order valence-electron chi connectivity index (χ2n) is 8.14. The van der Waals surface area contributed by atoms with Crippen LogP contribution >= 0.6 is 0 Å². The highest BCUT2D eigenvalue weighted by atomic mass is 32.2. The van der Waals surface area contributed by atoms with Crippen LogP contribution in [0.15, 0.2) is 32.7 Å². The van der Waals surface area contributed by atoms with Gasteiger partial charge in [0.1, 0.15) is 0 Å². The van der Waals surface area contributed by atoms with Crippen LogP contribution in [-0.2, 0) is 21.4 Å². The Kier molecular flexibility index (Phi) is 4.83. The van der Waals surface area contributed by atoms with Crippen molar-refractivity contribution >= 4 is 26.8 Å². The smallest absolute Gasteiger partial charge is 0.291 e. The lowest BCUT2D eigenvalue weighted by atomic mass is 10.2. The highest BCUT2D eigenvalue weighted by molar-refractivity contribution is 7.89. The number of fused-ring (bicyclic) bond motifs is 1. The van der Waals surface area contributed by atoms with Gasteiger partial charge in [-0.05, 0) is 69.6 Å². The maximum absolute atomic E-state index is 13.0. The Morgan fingerprint density at radius 2 is 1.97 bits per heavy atom. The second-order valence-corrected chi connectivity index (χ2v) is 9.82. The van der Waals surface area contributed by atoms with Crippen molar-refractivity contribution in [3.05, 3.63) is 39.0 Å². The Hall–Kier alpha value is -2.90. The molecule has 30 heavy (non-hydrogen) atoms. The van der Waals surface area contributed by atoms with Crippen molar-refractivity contribution in [1.82, 2.24) is 14.0 Å². The van der Waals surface area contributed by atoms with Crippen LogP contribution in [0.2, 0.25) is 0 Å². The predicted molar refractivity (Wildman–Crippen MR) is 111 cm³/mol. The summed E-state index contributed by atoms with van der Waals surface area (Å²) in [5, 5.41) is 0.0313. The highest BCUT2D eigenvalue weighted by Crippen LogP contribution is 2.36. The van der Waals surface area contributed by atoms with Crippen LogP contribution in [0.4, 0.5) is 0 Å². The Balaban J connectivity index is 1.89. The molecule has 1 heterocycles. The van der Waals surface area contributed by atoms with E-state index >= 15 is 0 Å². The van der Waals surface area contributed by atoms with E-state index in [1.807, 2.05) is 6.92 Å². The first-order chi connectivity index (χ1) is 14.1. The van der Waals surface area contributed by atoms with E-state index in [0.717, 1.165) is 25.7 Å². The number of hydrogen-bond acceptors (Lipinski definition) is 5. The number of hydrogen-bond donors (Lipinski definition) is 2. The molecule has 0 bridgehead atoms. The highest BCUT2D eigenvalue weighted by Gasteiger charge is 2.41. The molecule has 2 aliphatic rings. The van der Waals surface area contributed by atoms with Gasteiger partial charge in [0.15, 0.2) is 0 Å². The molecule has 10 heteroatoms. The summed E-state index contributed by atoms with van der Waals surface area (Å²) in [5.74, 6) is 4.13. The molecule has 2 fully saturated rings. The van der Waals surface area contributed by atoms with Gasteiger partial charge in [-0.2, -0.15) is 4.68 Å². The van der Waals surface area contributed by atoms with E-state index in [1.165, 1.54) is 29.7 Å². The van der Waals surface area contributed by atoms with Gasteiger partial charge in [0, 0.05) is 12.1 Å². The monoisotopic (exact) mass is 430 g/mol. The van der Waals surface area contributed by atoms with E-state index < -0.39 is 32.7 Å². The van der Waals surface area contributed by atoms with Gasteiger partial charge in [-0.3, -0.25) is 14.2 Å². The zero-order valence-corrected chi connectivity index (χ0v) is 17.5. The molecular formula is C20H22N4O5S. The largest absolute Gasteiger partial charge is 0.350 e. The summed E-state index contributed by atoms with van der Waals surface area (Å²) in [6.45, 7) is 3.65. The van der Waals surface area contributed by atoms with Crippen molar-refractivity contribution in [2.75, 3.05) is 5.43 Å². The summed E-state index contributed by atoms with van der Waals surface area (Å²) in [6, 6.07) is 4.12. The molecule has 2 saturated carbocycles. The molecule has 2 N–H and O–H groups in total. The number of carbonyl (C=O) groups is 1. The molecule has 0 spiro atoms.